The van der Waals surface area contributed by atoms with Crippen LogP contribution in [0.5, 0.6) is 0 Å². The Hall–Kier alpha value is -0.200. The van der Waals surface area contributed by atoms with Crippen LogP contribution in [0.25, 0.3) is 0 Å². The van der Waals surface area contributed by atoms with Crippen LogP contribution >= 0.6 is 0 Å². The van der Waals surface area contributed by atoms with Gasteiger partial charge >= 0.3 is 0 Å². The molecule has 0 aliphatic carbocycles. The summed E-state index contributed by atoms with van der Waals surface area (Å²) < 4.78 is 0. The van der Waals surface area contributed by atoms with Gasteiger partial charge in [0.25, 0.3) is 0 Å². The van der Waals surface area contributed by atoms with Crippen LogP contribution in [0.4, 0.5) is 0 Å². The largest absolute Gasteiger partial charge is 0.326 e. The Morgan fingerprint density at radius 3 is 2.09 bits per heavy atom. The van der Waals surface area contributed by atoms with Gasteiger partial charge in [0.1, 0.15) is 0 Å². The van der Waals surface area contributed by atoms with E-state index in [9.17, 15) is 0 Å². The Bertz CT molecular complexity index is 223. The van der Waals surface area contributed by atoms with E-state index in [1.807, 2.05) is 0 Å². The molecule has 0 aliphatic heterocycles. The molecular weight excluding hydrogens is 274 g/mol. The molecule has 0 heterocycles. The van der Waals surface area contributed by atoms with Crippen LogP contribution in [0.15, 0.2) is 0 Å². The first-order chi connectivity index (χ1) is 10.6. The Balaban J connectivity index is 3.31. The number of unbranched alkanes of at least 4 members (excludes halogenated alkanes) is 5. The Labute approximate surface area is 138 Å². The minimum atomic E-state index is -0.234. The predicted molar refractivity (Wildman–Crippen MR) is 97.7 cm³/mol. The van der Waals surface area contributed by atoms with Gasteiger partial charge in [-0.1, -0.05) is 39.0 Å². The molecule has 8 N–H and O–H groups in total. The van der Waals surface area contributed by atoms with Crippen LogP contribution in [-0.2, 0) is 0 Å². The SMILES string of the molecule is CCCCCCCCNCCCC(N)C(C)NCCC(N)N. The smallest absolute Gasteiger partial charge is 0.0533 e. The fourth-order valence-corrected chi connectivity index (χ4v) is 2.50. The van der Waals surface area contributed by atoms with Gasteiger partial charge < -0.3 is 27.8 Å². The second kappa shape index (κ2) is 15.7. The van der Waals surface area contributed by atoms with E-state index in [1.165, 1.54) is 38.5 Å². The molecule has 0 aliphatic rings. The predicted octanol–water partition coefficient (Wildman–Crippen LogP) is 1.66. The second-order valence-corrected chi connectivity index (χ2v) is 6.52. The lowest BCUT2D eigenvalue weighted by molar-refractivity contribution is 0.413. The number of nitrogens with two attached hydrogens (primary N) is 3. The molecule has 0 fully saturated rings. The van der Waals surface area contributed by atoms with Gasteiger partial charge in [-0.25, -0.2) is 0 Å². The lowest BCUT2D eigenvalue weighted by atomic mass is 10.1. The summed E-state index contributed by atoms with van der Waals surface area (Å²) in [5.41, 5.74) is 17.2. The molecule has 2 unspecified atom stereocenters. The molecule has 0 aromatic rings. The van der Waals surface area contributed by atoms with Crippen LogP contribution in [0.2, 0.25) is 0 Å². The van der Waals surface area contributed by atoms with Crippen molar-refractivity contribution in [2.75, 3.05) is 19.6 Å². The van der Waals surface area contributed by atoms with Crippen molar-refractivity contribution in [2.45, 2.75) is 89.9 Å². The summed E-state index contributed by atoms with van der Waals surface area (Å²) in [5.74, 6) is 0. The van der Waals surface area contributed by atoms with E-state index in [2.05, 4.69) is 24.5 Å². The maximum Gasteiger partial charge on any atom is 0.0533 e. The Morgan fingerprint density at radius 1 is 0.773 bits per heavy atom. The molecule has 0 spiro atoms. The molecule has 134 valence electrons. The normalized spacial score (nSPS) is 14.5. The van der Waals surface area contributed by atoms with E-state index in [1.54, 1.807) is 0 Å². The average molecular weight is 316 g/mol. The van der Waals surface area contributed by atoms with E-state index >= 15 is 0 Å². The molecular formula is C17H41N5. The Morgan fingerprint density at radius 2 is 1.41 bits per heavy atom. The summed E-state index contributed by atoms with van der Waals surface area (Å²) in [7, 11) is 0. The van der Waals surface area contributed by atoms with Crippen LogP contribution in [0.3, 0.4) is 0 Å². The topological polar surface area (TPSA) is 102 Å². The molecule has 22 heavy (non-hydrogen) atoms. The monoisotopic (exact) mass is 315 g/mol. The first-order valence-electron chi connectivity index (χ1n) is 9.28. The van der Waals surface area contributed by atoms with Gasteiger partial charge in [-0.15, -0.1) is 0 Å². The van der Waals surface area contributed by atoms with Crippen molar-refractivity contribution >= 4 is 0 Å². The minimum Gasteiger partial charge on any atom is -0.326 e. The summed E-state index contributed by atoms with van der Waals surface area (Å²) in [6.45, 7) is 7.45. The molecule has 0 saturated heterocycles. The lowest BCUT2D eigenvalue weighted by Crippen LogP contribution is -2.45. The maximum atomic E-state index is 6.19. The lowest BCUT2D eigenvalue weighted by Gasteiger charge is -2.21. The second-order valence-electron chi connectivity index (χ2n) is 6.52. The molecule has 5 heteroatoms. The minimum absolute atomic E-state index is 0.199. The summed E-state index contributed by atoms with van der Waals surface area (Å²) in [6, 6.07) is 0.516. The van der Waals surface area contributed by atoms with E-state index in [4.69, 9.17) is 17.2 Å². The van der Waals surface area contributed by atoms with Gasteiger partial charge in [0.15, 0.2) is 0 Å². The Kier molecular flexibility index (Phi) is 15.5. The van der Waals surface area contributed by atoms with Crippen LogP contribution in [0, 0.1) is 0 Å². The first kappa shape index (κ1) is 21.8. The number of hydrogen-bond donors (Lipinski definition) is 5. The zero-order valence-electron chi connectivity index (χ0n) is 14.9. The fourth-order valence-electron chi connectivity index (χ4n) is 2.50. The van der Waals surface area contributed by atoms with E-state index in [0.29, 0.717) is 6.04 Å². The number of hydrogen-bond acceptors (Lipinski definition) is 5. The van der Waals surface area contributed by atoms with Crippen LogP contribution in [-0.4, -0.2) is 37.9 Å². The molecule has 5 nitrogen and oxygen atoms in total. The van der Waals surface area contributed by atoms with Gasteiger partial charge in [0.05, 0.1) is 6.17 Å². The van der Waals surface area contributed by atoms with Gasteiger partial charge in [-0.3, -0.25) is 0 Å². The van der Waals surface area contributed by atoms with Crippen molar-refractivity contribution < 1.29 is 0 Å². The first-order valence-corrected chi connectivity index (χ1v) is 9.28. The summed E-state index contributed by atoms with van der Waals surface area (Å²) in [5, 5.41) is 6.91. The third-order valence-electron chi connectivity index (χ3n) is 4.18. The molecule has 0 rings (SSSR count). The van der Waals surface area contributed by atoms with Crippen molar-refractivity contribution in [1.29, 1.82) is 0 Å². The highest BCUT2D eigenvalue weighted by Crippen LogP contribution is 2.04. The van der Waals surface area contributed by atoms with Crippen molar-refractivity contribution in [1.82, 2.24) is 10.6 Å². The molecule has 0 bridgehead atoms. The maximum absolute atomic E-state index is 6.19. The van der Waals surface area contributed by atoms with Crippen molar-refractivity contribution in [3.63, 3.8) is 0 Å². The fraction of sp³-hybridized carbons (Fsp3) is 1.00. The summed E-state index contributed by atoms with van der Waals surface area (Å²) >= 11 is 0. The van der Waals surface area contributed by atoms with Gasteiger partial charge in [-0.2, -0.15) is 0 Å². The molecule has 2 atom stereocenters. The zero-order valence-corrected chi connectivity index (χ0v) is 14.9. The quantitative estimate of drug-likeness (QED) is 0.220. The van der Waals surface area contributed by atoms with Crippen LogP contribution in [0.1, 0.15) is 71.6 Å². The highest BCUT2D eigenvalue weighted by Gasteiger charge is 2.11. The zero-order chi connectivity index (χ0) is 16.6. The van der Waals surface area contributed by atoms with E-state index < -0.39 is 0 Å². The van der Waals surface area contributed by atoms with Crippen molar-refractivity contribution in [3.8, 4) is 0 Å². The van der Waals surface area contributed by atoms with Gasteiger partial charge in [0, 0.05) is 12.1 Å². The molecule has 0 saturated carbocycles. The molecule has 0 aromatic carbocycles. The number of nitrogens with one attached hydrogen (secondary N) is 2. The van der Waals surface area contributed by atoms with Crippen molar-refractivity contribution in [2.24, 2.45) is 17.2 Å². The average Bonchev–Trinajstić information content (AvgIpc) is 2.48. The van der Waals surface area contributed by atoms with Crippen LogP contribution < -0.4 is 27.8 Å². The standard InChI is InChI=1S/C17H41N5/c1-3-4-5-6-7-8-12-21-13-9-10-16(18)15(2)22-14-11-17(19)20/h15-17,21-22H,3-14,18-20H2,1-2H3. The summed E-state index contributed by atoms with van der Waals surface area (Å²) in [4.78, 5) is 0. The molecule has 0 amide bonds. The highest BCUT2D eigenvalue weighted by molar-refractivity contribution is 4.75. The third-order valence-corrected chi connectivity index (χ3v) is 4.18. The van der Waals surface area contributed by atoms with Gasteiger partial charge in [-0.05, 0) is 52.2 Å². The van der Waals surface area contributed by atoms with E-state index in [-0.39, 0.29) is 12.2 Å². The number of rotatable bonds is 16. The molecule has 0 aromatic heterocycles. The van der Waals surface area contributed by atoms with E-state index in [0.717, 1.165) is 38.9 Å². The highest BCUT2D eigenvalue weighted by atomic mass is 15.0. The van der Waals surface area contributed by atoms with Crippen molar-refractivity contribution in [3.05, 3.63) is 0 Å². The van der Waals surface area contributed by atoms with Gasteiger partial charge in [0.2, 0.25) is 0 Å². The summed E-state index contributed by atoms with van der Waals surface area (Å²) in [6.07, 6.45) is 10.9. The third kappa shape index (κ3) is 14.7. The molecule has 0 radical (unpaired) electrons.